The van der Waals surface area contributed by atoms with Crippen LogP contribution < -0.4 is 10.6 Å². The normalized spacial score (nSPS) is 16.4. The minimum atomic E-state index is 0. The summed E-state index contributed by atoms with van der Waals surface area (Å²) in [4.78, 5) is 12.3. The number of nitrogens with one attached hydrogen (secondary N) is 3. The van der Waals surface area contributed by atoms with Crippen LogP contribution in [0.25, 0.3) is 10.9 Å². The fourth-order valence-corrected chi connectivity index (χ4v) is 3.86. The molecule has 9 heteroatoms. The molecule has 29 heavy (non-hydrogen) atoms. The Balaban J connectivity index is 0.00000240. The van der Waals surface area contributed by atoms with Gasteiger partial charge < -0.3 is 15.6 Å². The number of halogens is 2. The zero-order valence-electron chi connectivity index (χ0n) is 16.7. The third-order valence-corrected chi connectivity index (χ3v) is 5.43. The zero-order chi connectivity index (χ0) is 19.5. The van der Waals surface area contributed by atoms with Crippen LogP contribution >= 0.6 is 35.6 Å². The number of aromatic nitrogens is 4. The summed E-state index contributed by atoms with van der Waals surface area (Å²) in [5.74, 6) is 2.84. The smallest absolute Gasteiger partial charge is 0.191 e. The van der Waals surface area contributed by atoms with Crippen molar-refractivity contribution in [3.05, 3.63) is 46.6 Å². The van der Waals surface area contributed by atoms with Gasteiger partial charge in [0.05, 0.1) is 6.54 Å². The van der Waals surface area contributed by atoms with Crippen LogP contribution in [0.3, 0.4) is 0 Å². The third kappa shape index (κ3) is 5.03. The second-order valence-corrected chi connectivity index (χ2v) is 7.55. The van der Waals surface area contributed by atoms with Crippen molar-refractivity contribution < 1.29 is 0 Å². The maximum Gasteiger partial charge on any atom is 0.191 e. The standard InChI is InChI=1S/C20H26ClN7.HI/c1-3-18-26-19-7-5-15(12-28(19)27-18)25-20(22-2)23-9-8-13-11-24-17-6-4-14(21)10-16(13)17;/h4,6,10-11,15,24H,3,5,7-9,12H2,1-2H3,(H2,22,23,25);1H. The molecule has 1 aliphatic heterocycles. The molecule has 156 valence electrons. The van der Waals surface area contributed by atoms with Crippen LogP contribution in [0.4, 0.5) is 0 Å². The fraction of sp³-hybridized carbons (Fsp3) is 0.450. The Kier molecular flexibility index (Phi) is 7.39. The first kappa shape index (κ1) is 21.9. The van der Waals surface area contributed by atoms with E-state index in [-0.39, 0.29) is 24.0 Å². The number of aryl methyl sites for hydroxylation is 2. The van der Waals surface area contributed by atoms with Gasteiger partial charge in [0.1, 0.15) is 5.82 Å². The Hall–Kier alpha value is -1.81. The number of hydrogen-bond acceptors (Lipinski definition) is 3. The highest BCUT2D eigenvalue weighted by Crippen LogP contribution is 2.22. The van der Waals surface area contributed by atoms with Crippen molar-refractivity contribution in [2.75, 3.05) is 13.6 Å². The molecule has 0 spiro atoms. The Morgan fingerprint density at radius 2 is 2.28 bits per heavy atom. The van der Waals surface area contributed by atoms with Crippen LogP contribution in [-0.4, -0.2) is 45.3 Å². The molecular formula is C20H27ClIN7. The monoisotopic (exact) mass is 527 g/mol. The first-order chi connectivity index (χ1) is 13.7. The highest BCUT2D eigenvalue weighted by molar-refractivity contribution is 14.0. The molecular weight excluding hydrogens is 501 g/mol. The molecule has 1 atom stereocenters. The van der Waals surface area contributed by atoms with Crippen LogP contribution in [0.1, 0.15) is 30.6 Å². The molecule has 1 unspecified atom stereocenters. The van der Waals surface area contributed by atoms with E-state index in [4.69, 9.17) is 11.6 Å². The highest BCUT2D eigenvalue weighted by atomic mass is 127. The van der Waals surface area contributed by atoms with E-state index in [0.717, 1.165) is 66.9 Å². The van der Waals surface area contributed by atoms with Gasteiger partial charge in [-0.1, -0.05) is 18.5 Å². The van der Waals surface area contributed by atoms with Gasteiger partial charge in [-0.3, -0.25) is 4.99 Å². The number of benzene rings is 1. The quantitative estimate of drug-likeness (QED) is 0.270. The average molecular weight is 528 g/mol. The molecule has 0 radical (unpaired) electrons. The predicted molar refractivity (Wildman–Crippen MR) is 128 cm³/mol. The summed E-state index contributed by atoms with van der Waals surface area (Å²) in [7, 11) is 1.81. The van der Waals surface area contributed by atoms with Crippen molar-refractivity contribution in [2.24, 2.45) is 4.99 Å². The summed E-state index contributed by atoms with van der Waals surface area (Å²) >= 11 is 6.14. The Labute approximate surface area is 192 Å². The predicted octanol–water partition coefficient (Wildman–Crippen LogP) is 3.32. The number of nitrogens with zero attached hydrogens (tertiary/aromatic N) is 4. The highest BCUT2D eigenvalue weighted by Gasteiger charge is 2.22. The summed E-state index contributed by atoms with van der Waals surface area (Å²) < 4.78 is 2.03. The molecule has 2 aromatic heterocycles. The summed E-state index contributed by atoms with van der Waals surface area (Å²) in [5.41, 5.74) is 2.36. The minimum Gasteiger partial charge on any atom is -0.361 e. The number of fused-ring (bicyclic) bond motifs is 2. The topological polar surface area (TPSA) is 82.9 Å². The number of aromatic amines is 1. The maximum atomic E-state index is 6.14. The van der Waals surface area contributed by atoms with Crippen molar-refractivity contribution in [3.8, 4) is 0 Å². The fourth-order valence-electron chi connectivity index (χ4n) is 3.69. The minimum absolute atomic E-state index is 0. The van der Waals surface area contributed by atoms with Gasteiger partial charge in [-0.15, -0.1) is 24.0 Å². The molecule has 0 fully saturated rings. The SMILES string of the molecule is CCc1nc2n(n1)CC(NC(=NC)NCCc1c[nH]c3ccc(Cl)cc13)CC2.I. The second kappa shape index (κ2) is 9.80. The molecule has 3 heterocycles. The molecule has 0 amide bonds. The molecule has 1 aliphatic rings. The van der Waals surface area contributed by atoms with Crippen molar-refractivity contribution in [1.29, 1.82) is 0 Å². The molecule has 7 nitrogen and oxygen atoms in total. The lowest BCUT2D eigenvalue weighted by molar-refractivity contribution is 0.392. The van der Waals surface area contributed by atoms with Crippen LogP contribution in [0, 0.1) is 0 Å². The Morgan fingerprint density at radius 1 is 1.41 bits per heavy atom. The Morgan fingerprint density at radius 3 is 3.07 bits per heavy atom. The van der Waals surface area contributed by atoms with E-state index in [1.807, 2.05) is 22.9 Å². The molecule has 3 aromatic rings. The van der Waals surface area contributed by atoms with Gasteiger partial charge >= 0.3 is 0 Å². The van der Waals surface area contributed by atoms with E-state index >= 15 is 0 Å². The average Bonchev–Trinajstić information content (AvgIpc) is 3.30. The van der Waals surface area contributed by atoms with Gasteiger partial charge in [-0.2, -0.15) is 5.10 Å². The molecule has 1 aromatic carbocycles. The molecule has 3 N–H and O–H groups in total. The maximum absolute atomic E-state index is 6.14. The largest absolute Gasteiger partial charge is 0.361 e. The summed E-state index contributed by atoms with van der Waals surface area (Å²) in [6, 6.07) is 6.23. The number of guanidine groups is 1. The number of rotatable bonds is 5. The number of aliphatic imine (C=N–C) groups is 1. The summed E-state index contributed by atoms with van der Waals surface area (Å²) in [6.07, 6.45) is 5.79. The molecule has 0 bridgehead atoms. The molecule has 0 aliphatic carbocycles. The van der Waals surface area contributed by atoms with Gasteiger partial charge in [-0.05, 0) is 36.6 Å². The third-order valence-electron chi connectivity index (χ3n) is 5.20. The van der Waals surface area contributed by atoms with Crippen LogP contribution in [-0.2, 0) is 25.8 Å². The lowest BCUT2D eigenvalue weighted by Crippen LogP contribution is -2.47. The molecule has 0 saturated heterocycles. The van der Waals surface area contributed by atoms with E-state index in [1.165, 1.54) is 10.9 Å². The summed E-state index contributed by atoms with van der Waals surface area (Å²) in [5, 5.41) is 13.5. The van der Waals surface area contributed by atoms with E-state index in [1.54, 1.807) is 7.05 Å². The van der Waals surface area contributed by atoms with E-state index in [2.05, 4.69) is 43.8 Å². The van der Waals surface area contributed by atoms with Crippen molar-refractivity contribution >= 4 is 52.4 Å². The van der Waals surface area contributed by atoms with Crippen molar-refractivity contribution in [1.82, 2.24) is 30.4 Å². The summed E-state index contributed by atoms with van der Waals surface area (Å²) in [6.45, 7) is 3.70. The second-order valence-electron chi connectivity index (χ2n) is 7.11. The van der Waals surface area contributed by atoms with Gasteiger partial charge in [-0.25, -0.2) is 9.67 Å². The number of H-pyrrole nitrogens is 1. The molecule has 0 saturated carbocycles. The van der Waals surface area contributed by atoms with Gasteiger partial charge in [0, 0.05) is 54.6 Å². The van der Waals surface area contributed by atoms with Gasteiger partial charge in [0.15, 0.2) is 11.8 Å². The number of hydrogen-bond donors (Lipinski definition) is 3. The van der Waals surface area contributed by atoms with E-state index in [0.29, 0.717) is 6.04 Å². The first-order valence-electron chi connectivity index (χ1n) is 9.81. The molecule has 4 rings (SSSR count). The van der Waals surface area contributed by atoms with E-state index < -0.39 is 0 Å². The first-order valence-corrected chi connectivity index (χ1v) is 10.2. The lowest BCUT2D eigenvalue weighted by atomic mass is 10.1. The van der Waals surface area contributed by atoms with Crippen LogP contribution in [0.2, 0.25) is 5.02 Å². The Bertz CT molecular complexity index is 994. The van der Waals surface area contributed by atoms with Gasteiger partial charge in [0.2, 0.25) is 0 Å². The van der Waals surface area contributed by atoms with Crippen LogP contribution in [0.15, 0.2) is 29.4 Å². The lowest BCUT2D eigenvalue weighted by Gasteiger charge is -2.25. The van der Waals surface area contributed by atoms with Crippen molar-refractivity contribution in [3.63, 3.8) is 0 Å². The van der Waals surface area contributed by atoms with E-state index in [9.17, 15) is 0 Å². The van der Waals surface area contributed by atoms with Gasteiger partial charge in [0.25, 0.3) is 0 Å². The zero-order valence-corrected chi connectivity index (χ0v) is 19.8. The van der Waals surface area contributed by atoms with Crippen LogP contribution in [0.5, 0.6) is 0 Å². The van der Waals surface area contributed by atoms with Crippen molar-refractivity contribution in [2.45, 2.75) is 45.2 Å².